The summed E-state index contributed by atoms with van der Waals surface area (Å²) >= 11 is 0.431. The van der Waals surface area contributed by atoms with Gasteiger partial charge >= 0.3 is 6.18 Å². The first kappa shape index (κ1) is 28.8. The van der Waals surface area contributed by atoms with E-state index in [-0.39, 0.29) is 40.0 Å². The molecule has 0 aliphatic carbocycles. The van der Waals surface area contributed by atoms with Crippen LogP contribution in [0.3, 0.4) is 0 Å². The van der Waals surface area contributed by atoms with E-state index in [0.29, 0.717) is 11.3 Å². The number of aliphatic hydroxyl groups is 1. The van der Waals surface area contributed by atoms with Crippen molar-refractivity contribution in [2.45, 2.75) is 35.4 Å². The number of hydrogen-bond donors (Lipinski definition) is 3. The van der Waals surface area contributed by atoms with Gasteiger partial charge in [0.25, 0.3) is 22.4 Å². The first-order chi connectivity index (χ1) is 18.2. The Hall–Kier alpha value is -3.15. The van der Waals surface area contributed by atoms with Gasteiger partial charge in [-0.3, -0.25) is 9.89 Å². The predicted octanol–water partition coefficient (Wildman–Crippen LogP) is 2.65. The number of carbonyl (C=O) groups is 1. The van der Waals surface area contributed by atoms with E-state index in [1.165, 1.54) is 31.0 Å². The summed E-state index contributed by atoms with van der Waals surface area (Å²) in [5.74, 6) is -1.25. The molecule has 2 aromatic heterocycles. The van der Waals surface area contributed by atoms with Gasteiger partial charge in [-0.2, -0.15) is 22.6 Å². The zero-order chi connectivity index (χ0) is 28.8. The summed E-state index contributed by atoms with van der Waals surface area (Å²) in [6.45, 7) is 1.09. The molecule has 0 bridgehead atoms. The van der Waals surface area contributed by atoms with Crippen molar-refractivity contribution in [1.82, 2.24) is 24.8 Å². The molecule has 3 aromatic rings. The fraction of sp³-hybridized carbons (Fsp3) is 0.409. The summed E-state index contributed by atoms with van der Waals surface area (Å²) in [4.78, 5) is 16.4. The minimum absolute atomic E-state index is 0.108. The summed E-state index contributed by atoms with van der Waals surface area (Å²) in [6, 6.07) is 4.49. The number of anilines is 1. The lowest BCUT2D eigenvalue weighted by atomic mass is 10.0. The second-order valence-corrected chi connectivity index (χ2v) is 11.9. The summed E-state index contributed by atoms with van der Waals surface area (Å²) < 4.78 is 96.8. The molecule has 3 heterocycles. The monoisotopic (exact) mass is 594 g/mol. The van der Waals surface area contributed by atoms with Crippen molar-refractivity contribution < 1.29 is 40.3 Å². The van der Waals surface area contributed by atoms with E-state index in [4.69, 9.17) is 0 Å². The lowest BCUT2D eigenvalue weighted by molar-refractivity contribution is -0.137. The molecule has 4 rings (SSSR count). The van der Waals surface area contributed by atoms with Gasteiger partial charge in [0.2, 0.25) is 5.60 Å². The van der Waals surface area contributed by atoms with Crippen molar-refractivity contribution in [3.8, 4) is 0 Å². The van der Waals surface area contributed by atoms with E-state index < -0.39 is 51.6 Å². The van der Waals surface area contributed by atoms with Crippen molar-refractivity contribution in [2.75, 3.05) is 31.6 Å². The number of amides is 1. The smallest absolute Gasteiger partial charge is 0.372 e. The number of rotatable bonds is 7. The van der Waals surface area contributed by atoms with Crippen molar-refractivity contribution in [3.05, 3.63) is 58.5 Å². The highest BCUT2D eigenvalue weighted by atomic mass is 32.2. The highest BCUT2D eigenvalue weighted by Crippen LogP contribution is 2.41. The molecule has 10 nitrogen and oxygen atoms in total. The van der Waals surface area contributed by atoms with E-state index in [1.807, 2.05) is 0 Å². The van der Waals surface area contributed by atoms with Crippen LogP contribution >= 0.6 is 11.3 Å². The van der Waals surface area contributed by atoms with Gasteiger partial charge in [-0.05, 0) is 37.3 Å². The van der Waals surface area contributed by atoms with Gasteiger partial charge in [-0.1, -0.05) is 0 Å². The van der Waals surface area contributed by atoms with Crippen molar-refractivity contribution in [3.63, 3.8) is 0 Å². The van der Waals surface area contributed by atoms with Crippen molar-refractivity contribution >= 4 is 33.0 Å². The number of benzene rings is 1. The molecule has 0 radical (unpaired) electrons. The highest BCUT2D eigenvalue weighted by Gasteiger charge is 2.47. The highest BCUT2D eigenvalue weighted by molar-refractivity contribution is 7.91. The molecule has 212 valence electrons. The number of halogens is 5. The average Bonchev–Trinajstić information content (AvgIpc) is 3.60. The number of carbonyl (C=O) groups excluding carboxylic acids is 1. The number of aromatic amines is 1. The molecule has 0 saturated carbocycles. The summed E-state index contributed by atoms with van der Waals surface area (Å²) in [7, 11) is -2.97. The maximum atomic E-state index is 13.9. The number of H-pyrrole nitrogens is 1. The van der Waals surface area contributed by atoms with E-state index in [9.17, 15) is 40.3 Å². The van der Waals surface area contributed by atoms with Gasteiger partial charge < -0.3 is 15.3 Å². The van der Waals surface area contributed by atoms with Crippen LogP contribution in [0.5, 0.6) is 0 Å². The van der Waals surface area contributed by atoms with Gasteiger partial charge in [0.05, 0.1) is 10.4 Å². The Kier molecular flexibility index (Phi) is 7.72. The SMILES string of the molecule is CNC(=O)c1ccc(N2CCN(S(=O)(=O)c3ccc(C(O)(c4ncn[nH]4)C(F)F)s3)C(C)C2)c(C(F)(F)F)c1. The van der Waals surface area contributed by atoms with Crippen LogP contribution < -0.4 is 10.2 Å². The molecule has 2 unspecified atom stereocenters. The Balaban J connectivity index is 1.60. The third-order valence-corrected chi connectivity index (χ3v) is 10.0. The molecule has 39 heavy (non-hydrogen) atoms. The van der Waals surface area contributed by atoms with Gasteiger partial charge in [0.15, 0.2) is 5.82 Å². The minimum atomic E-state index is -4.77. The maximum absolute atomic E-state index is 13.9. The number of nitrogens with zero attached hydrogens (tertiary/aromatic N) is 4. The fourth-order valence-corrected chi connectivity index (χ4v) is 7.48. The molecule has 1 aromatic carbocycles. The third kappa shape index (κ3) is 5.22. The summed E-state index contributed by atoms with van der Waals surface area (Å²) in [6.07, 6.45) is -7.21. The third-order valence-electron chi connectivity index (χ3n) is 6.31. The first-order valence-corrected chi connectivity index (χ1v) is 13.6. The van der Waals surface area contributed by atoms with Crippen LogP contribution in [0.1, 0.15) is 33.5 Å². The van der Waals surface area contributed by atoms with Crippen LogP contribution in [-0.4, -0.2) is 78.1 Å². The molecule has 1 aliphatic heterocycles. The lowest BCUT2D eigenvalue weighted by Gasteiger charge is -2.40. The zero-order valence-electron chi connectivity index (χ0n) is 20.4. The number of hydrogen-bond acceptors (Lipinski definition) is 8. The van der Waals surface area contributed by atoms with Crippen molar-refractivity contribution in [1.29, 1.82) is 0 Å². The first-order valence-electron chi connectivity index (χ1n) is 11.4. The van der Waals surface area contributed by atoms with E-state index in [0.717, 1.165) is 28.8 Å². The Morgan fingerprint density at radius 1 is 1.23 bits per heavy atom. The second kappa shape index (κ2) is 10.4. The van der Waals surface area contributed by atoms with Crippen molar-refractivity contribution in [2.24, 2.45) is 0 Å². The Bertz CT molecular complexity index is 1450. The number of nitrogens with one attached hydrogen (secondary N) is 2. The Morgan fingerprint density at radius 2 is 1.95 bits per heavy atom. The fourth-order valence-electron chi connectivity index (χ4n) is 4.34. The van der Waals surface area contributed by atoms with Gasteiger partial charge in [-0.15, -0.1) is 11.3 Å². The standard InChI is InChI=1S/C22H23F5N6O4S2/c1-12-10-32(15-4-3-13(18(34)28-2)9-14(15)22(25,26)27)7-8-33(12)39(36,37)17-6-5-16(38-17)21(35,19(23)24)20-29-11-30-31-20/h3-6,9,11-12,19,35H,7-8,10H2,1-2H3,(H,28,34)(H,29,30,31). The number of thiophene rings is 1. The average molecular weight is 595 g/mol. The summed E-state index contributed by atoms with van der Waals surface area (Å²) in [5.41, 5.74) is -4.33. The van der Waals surface area contributed by atoms with Crippen LogP contribution in [0, 0.1) is 0 Å². The predicted molar refractivity (Wildman–Crippen MR) is 130 cm³/mol. The molecule has 3 N–H and O–H groups in total. The topological polar surface area (TPSA) is 132 Å². The number of sulfonamides is 1. The minimum Gasteiger partial charge on any atom is -0.372 e. The molecule has 2 atom stereocenters. The molecule has 1 saturated heterocycles. The zero-order valence-corrected chi connectivity index (χ0v) is 22.0. The van der Waals surface area contributed by atoms with E-state index in [1.54, 1.807) is 0 Å². The number of alkyl halides is 5. The van der Waals surface area contributed by atoms with Gasteiger partial charge in [-0.25, -0.2) is 22.2 Å². The second-order valence-electron chi connectivity index (χ2n) is 8.74. The van der Waals surface area contributed by atoms with Crippen LogP contribution in [0.25, 0.3) is 0 Å². The molecule has 1 amide bonds. The maximum Gasteiger partial charge on any atom is 0.418 e. The normalized spacial score (nSPS) is 18.8. The molecule has 1 fully saturated rings. The Labute approximate surface area is 223 Å². The molecule has 17 heteroatoms. The van der Waals surface area contributed by atoms with Crippen LogP contribution in [0.15, 0.2) is 40.9 Å². The van der Waals surface area contributed by atoms with Gasteiger partial charge in [0.1, 0.15) is 10.5 Å². The number of aromatic nitrogens is 3. The molecule has 0 spiro atoms. The largest absolute Gasteiger partial charge is 0.418 e. The van der Waals surface area contributed by atoms with Crippen LogP contribution in [0.4, 0.5) is 27.6 Å². The molecular formula is C22H23F5N6O4S2. The lowest BCUT2D eigenvalue weighted by Crippen LogP contribution is -2.54. The Morgan fingerprint density at radius 3 is 2.51 bits per heavy atom. The quantitative estimate of drug-likeness (QED) is 0.359. The molecule has 1 aliphatic rings. The van der Waals surface area contributed by atoms with E-state index in [2.05, 4.69) is 20.5 Å². The number of piperazine rings is 1. The van der Waals surface area contributed by atoms with Gasteiger partial charge in [0, 0.05) is 44.0 Å². The van der Waals surface area contributed by atoms with Crippen LogP contribution in [0.2, 0.25) is 0 Å². The van der Waals surface area contributed by atoms with Crippen LogP contribution in [-0.2, 0) is 21.8 Å². The molecular weight excluding hydrogens is 571 g/mol. The summed E-state index contributed by atoms with van der Waals surface area (Å²) in [5, 5.41) is 18.6. The van der Waals surface area contributed by atoms with E-state index >= 15 is 0 Å².